The van der Waals surface area contributed by atoms with Gasteiger partial charge in [-0.05, 0) is 36.2 Å². The fraction of sp³-hybridized carbons (Fsp3) is 0.333. The molecule has 2 aromatic heterocycles. The number of fused-ring (bicyclic) bond motifs is 3. The molecule has 4 atom stereocenters. The van der Waals surface area contributed by atoms with Crippen LogP contribution < -0.4 is 10.9 Å². The van der Waals surface area contributed by atoms with E-state index >= 15 is 0 Å². The highest BCUT2D eigenvalue weighted by atomic mass is 16.3. The molecule has 5 rings (SSSR count). The average Bonchev–Trinajstić information content (AvgIpc) is 3.40. The summed E-state index contributed by atoms with van der Waals surface area (Å²) in [6.45, 7) is 2.33. The third-order valence-corrected chi connectivity index (χ3v) is 7.15. The van der Waals surface area contributed by atoms with E-state index in [2.05, 4.69) is 10.3 Å². The zero-order valence-electron chi connectivity index (χ0n) is 19.5. The predicted molar refractivity (Wildman–Crippen MR) is 130 cm³/mol. The quantitative estimate of drug-likeness (QED) is 0.569. The molecule has 8 heteroatoms. The van der Waals surface area contributed by atoms with Gasteiger partial charge in [0, 0.05) is 55.2 Å². The summed E-state index contributed by atoms with van der Waals surface area (Å²) < 4.78 is 1.71. The van der Waals surface area contributed by atoms with Crippen LogP contribution in [0.2, 0.25) is 0 Å². The summed E-state index contributed by atoms with van der Waals surface area (Å²) in [5, 5.41) is 13.2. The van der Waals surface area contributed by atoms with Gasteiger partial charge in [-0.1, -0.05) is 36.4 Å². The van der Waals surface area contributed by atoms with Crippen LogP contribution >= 0.6 is 0 Å². The molecule has 4 heterocycles. The van der Waals surface area contributed by atoms with Crippen LogP contribution in [0.3, 0.4) is 0 Å². The summed E-state index contributed by atoms with van der Waals surface area (Å²) in [6, 6.07) is 15.4. The molecule has 3 aromatic rings. The highest BCUT2D eigenvalue weighted by Crippen LogP contribution is 2.49. The Kier molecular flexibility index (Phi) is 6.21. The van der Waals surface area contributed by atoms with Crippen LogP contribution in [0.15, 0.2) is 71.8 Å². The molecule has 0 saturated carbocycles. The van der Waals surface area contributed by atoms with Crippen molar-refractivity contribution in [2.24, 2.45) is 11.8 Å². The first-order chi connectivity index (χ1) is 17.0. The van der Waals surface area contributed by atoms with Gasteiger partial charge in [-0.15, -0.1) is 0 Å². The van der Waals surface area contributed by atoms with Gasteiger partial charge in [0.2, 0.25) is 11.8 Å². The zero-order valence-corrected chi connectivity index (χ0v) is 19.5. The van der Waals surface area contributed by atoms with Crippen molar-refractivity contribution in [3.63, 3.8) is 0 Å². The first-order valence-corrected chi connectivity index (χ1v) is 11.9. The molecule has 0 aliphatic carbocycles. The van der Waals surface area contributed by atoms with Gasteiger partial charge in [0.05, 0.1) is 12.5 Å². The van der Waals surface area contributed by atoms with E-state index in [1.165, 1.54) is 0 Å². The summed E-state index contributed by atoms with van der Waals surface area (Å²) in [5.41, 5.74) is 2.72. The molecular weight excluding hydrogens is 444 g/mol. The number of aromatic nitrogens is 2. The van der Waals surface area contributed by atoms with E-state index in [9.17, 15) is 19.5 Å². The number of hydrogen-bond donors (Lipinski definition) is 2. The number of carbonyl (C=O) groups excluding carboxylic acids is 2. The third-order valence-electron chi connectivity index (χ3n) is 7.15. The van der Waals surface area contributed by atoms with Crippen LogP contribution in [0.1, 0.15) is 24.2 Å². The maximum Gasteiger partial charge on any atom is 0.258 e. The number of nitrogens with zero attached hydrogens (tertiary/aromatic N) is 3. The van der Waals surface area contributed by atoms with Crippen LogP contribution in [0.4, 0.5) is 0 Å². The van der Waals surface area contributed by atoms with Gasteiger partial charge in [-0.2, -0.15) is 0 Å². The van der Waals surface area contributed by atoms with E-state index in [0.717, 1.165) is 11.1 Å². The smallest absolute Gasteiger partial charge is 0.258 e. The van der Waals surface area contributed by atoms with E-state index in [0.29, 0.717) is 24.3 Å². The number of rotatable bonds is 6. The lowest BCUT2D eigenvalue weighted by atomic mass is 9.88. The fourth-order valence-electron chi connectivity index (χ4n) is 5.65. The lowest BCUT2D eigenvalue weighted by Crippen LogP contribution is -2.50. The van der Waals surface area contributed by atoms with Gasteiger partial charge < -0.3 is 19.9 Å². The van der Waals surface area contributed by atoms with Crippen molar-refractivity contribution < 1.29 is 14.7 Å². The van der Waals surface area contributed by atoms with Crippen molar-refractivity contribution in [3.05, 3.63) is 88.6 Å². The molecule has 0 radical (unpaired) electrons. The molecule has 0 spiro atoms. The topological polar surface area (TPSA) is 105 Å². The first-order valence-electron chi connectivity index (χ1n) is 11.9. The zero-order chi connectivity index (χ0) is 24.5. The molecule has 2 amide bonds. The summed E-state index contributed by atoms with van der Waals surface area (Å²) >= 11 is 0. The SMILES string of the molecule is CCNC(=O)[C@@H]1[C@@H](CO)[C@@H]2Cn3c(ccc(-c4ccccc4)c3=O)[C@@H]2N1C(=O)Cc1cccnc1. The lowest BCUT2D eigenvalue weighted by molar-refractivity contribution is -0.141. The maximum atomic E-state index is 13.7. The summed E-state index contributed by atoms with van der Waals surface area (Å²) in [6.07, 6.45) is 3.36. The van der Waals surface area contributed by atoms with Gasteiger partial charge in [0.15, 0.2) is 0 Å². The molecule has 0 bridgehead atoms. The number of amides is 2. The average molecular weight is 473 g/mol. The lowest BCUT2D eigenvalue weighted by Gasteiger charge is -2.31. The number of nitrogens with one attached hydrogen (secondary N) is 1. The molecule has 1 aromatic carbocycles. The van der Waals surface area contributed by atoms with Gasteiger partial charge in [0.25, 0.3) is 5.56 Å². The molecule has 180 valence electrons. The first kappa shape index (κ1) is 23.0. The number of carbonyl (C=O) groups is 2. The van der Waals surface area contributed by atoms with Crippen LogP contribution in [0.25, 0.3) is 11.1 Å². The molecular formula is C27H28N4O4. The second kappa shape index (κ2) is 9.46. The monoisotopic (exact) mass is 472 g/mol. The highest BCUT2D eigenvalue weighted by molar-refractivity contribution is 5.90. The molecule has 2 aliphatic heterocycles. The minimum atomic E-state index is -0.809. The number of benzene rings is 1. The number of aliphatic hydroxyl groups excluding tert-OH is 1. The second-order valence-electron chi connectivity index (χ2n) is 9.09. The van der Waals surface area contributed by atoms with Gasteiger partial charge in [-0.3, -0.25) is 19.4 Å². The van der Waals surface area contributed by atoms with Crippen LogP contribution in [0.5, 0.6) is 0 Å². The second-order valence-corrected chi connectivity index (χ2v) is 9.09. The Morgan fingerprint density at radius 3 is 2.60 bits per heavy atom. The van der Waals surface area contributed by atoms with Crippen molar-refractivity contribution in [3.8, 4) is 11.1 Å². The minimum Gasteiger partial charge on any atom is -0.396 e. The largest absolute Gasteiger partial charge is 0.396 e. The van der Waals surface area contributed by atoms with Crippen LogP contribution in [0, 0.1) is 11.8 Å². The standard InChI is InChI=1S/C27H28N4O4/c1-2-29-26(34)25-21(16-32)20-15-30-22(11-10-19(27(30)35)18-8-4-3-5-9-18)24(20)31(25)23(33)13-17-7-6-12-28-14-17/h3-12,14,20-21,24-25,32H,2,13,15-16H2,1H3,(H,29,34)/t20-,21-,24+,25-/m0/s1. The van der Waals surface area contributed by atoms with Crippen molar-refractivity contribution >= 4 is 11.8 Å². The summed E-state index contributed by atoms with van der Waals surface area (Å²) in [5.74, 6) is -1.24. The number of hydrogen-bond acceptors (Lipinski definition) is 5. The Hall–Kier alpha value is -3.78. The third kappa shape index (κ3) is 3.93. The summed E-state index contributed by atoms with van der Waals surface area (Å²) in [4.78, 5) is 46.0. The van der Waals surface area contributed by atoms with Crippen molar-refractivity contribution in [1.82, 2.24) is 19.8 Å². The van der Waals surface area contributed by atoms with Crippen LogP contribution in [-0.2, 0) is 22.6 Å². The maximum absolute atomic E-state index is 13.7. The van der Waals surface area contributed by atoms with Crippen molar-refractivity contribution in [1.29, 1.82) is 0 Å². The molecule has 8 nitrogen and oxygen atoms in total. The normalized spacial score (nSPS) is 22.5. The highest BCUT2D eigenvalue weighted by Gasteiger charge is 2.57. The molecule has 1 saturated heterocycles. The Balaban J connectivity index is 1.58. The van der Waals surface area contributed by atoms with E-state index in [1.807, 2.05) is 49.4 Å². The molecule has 0 unspecified atom stereocenters. The van der Waals surface area contributed by atoms with Crippen LogP contribution in [-0.4, -0.2) is 50.6 Å². The predicted octanol–water partition coefficient (Wildman–Crippen LogP) is 1.78. The Labute approximate surface area is 203 Å². The Morgan fingerprint density at radius 2 is 1.91 bits per heavy atom. The number of pyridine rings is 2. The van der Waals surface area contributed by atoms with E-state index in [4.69, 9.17) is 0 Å². The van der Waals surface area contributed by atoms with E-state index in [1.54, 1.807) is 34.0 Å². The number of likely N-dealkylation sites (N-methyl/N-ethyl adjacent to an activating group) is 1. The Morgan fingerprint density at radius 1 is 1.11 bits per heavy atom. The molecule has 2 aliphatic rings. The minimum absolute atomic E-state index is 0.0808. The summed E-state index contributed by atoms with van der Waals surface area (Å²) in [7, 11) is 0. The van der Waals surface area contributed by atoms with E-state index in [-0.39, 0.29) is 36.3 Å². The van der Waals surface area contributed by atoms with Gasteiger partial charge >= 0.3 is 0 Å². The number of aliphatic hydroxyl groups is 1. The molecule has 35 heavy (non-hydrogen) atoms. The van der Waals surface area contributed by atoms with E-state index < -0.39 is 18.0 Å². The van der Waals surface area contributed by atoms with Crippen molar-refractivity contribution in [2.45, 2.75) is 32.0 Å². The Bertz CT molecular complexity index is 1290. The number of likely N-dealkylation sites (tertiary alicyclic amines) is 1. The molecule has 2 N–H and O–H groups in total. The van der Waals surface area contributed by atoms with Crippen molar-refractivity contribution in [2.75, 3.05) is 13.2 Å². The van der Waals surface area contributed by atoms with Gasteiger partial charge in [-0.25, -0.2) is 0 Å². The molecule has 1 fully saturated rings. The fourth-order valence-corrected chi connectivity index (χ4v) is 5.65. The van der Waals surface area contributed by atoms with Gasteiger partial charge in [0.1, 0.15) is 6.04 Å².